The van der Waals surface area contributed by atoms with E-state index in [4.69, 9.17) is 14.2 Å². The number of esters is 3. The highest BCUT2D eigenvalue weighted by molar-refractivity contribution is 5.71. The Hall–Kier alpha value is -5.23. The van der Waals surface area contributed by atoms with Crippen LogP contribution in [0.5, 0.6) is 0 Å². The molecule has 0 N–H and O–H groups in total. The molecule has 6 nitrogen and oxygen atoms in total. The SMILES string of the molecule is CC/C=C\C/C=C\C/C=C\C/C=C\C/C=C\C/C=C\C/C=C\CCCCCCCCCC(=O)OCC(COC(=O)CCCCCCCC)OC(=O)CCCCCCC/C=C\C/C=C\C/C=C\C/C=C\C/C=C\C/C=C\C/C=C\CC. The molecule has 80 heavy (non-hydrogen) atoms. The van der Waals surface area contributed by atoms with Crippen LogP contribution in [0.3, 0.4) is 0 Å². The van der Waals surface area contributed by atoms with Gasteiger partial charge in [-0.05, 0) is 135 Å². The van der Waals surface area contributed by atoms with E-state index < -0.39 is 6.10 Å². The van der Waals surface area contributed by atoms with E-state index in [9.17, 15) is 14.4 Å². The molecule has 0 rings (SSSR count). The molecule has 0 bridgehead atoms. The molecule has 0 aromatic rings. The fourth-order valence-corrected chi connectivity index (χ4v) is 8.23. The number of allylic oxidation sites excluding steroid dienone is 28. The Labute approximate surface area is 492 Å². The number of carbonyl (C=O) groups is 3. The average molecular weight is 1100 g/mol. The van der Waals surface area contributed by atoms with Crippen LogP contribution in [0.15, 0.2) is 170 Å². The highest BCUT2D eigenvalue weighted by atomic mass is 16.6. The third-order valence-corrected chi connectivity index (χ3v) is 13.0. The van der Waals surface area contributed by atoms with Crippen molar-refractivity contribution in [3.8, 4) is 0 Å². The monoisotopic (exact) mass is 1100 g/mol. The van der Waals surface area contributed by atoms with Crippen molar-refractivity contribution in [3.63, 3.8) is 0 Å². The predicted octanol–water partition coefficient (Wildman–Crippen LogP) is 22.3. The molecule has 0 fully saturated rings. The molecule has 0 aliphatic heterocycles. The molecule has 0 saturated carbocycles. The van der Waals surface area contributed by atoms with Crippen molar-refractivity contribution in [2.45, 2.75) is 264 Å². The molecule has 0 heterocycles. The van der Waals surface area contributed by atoms with Gasteiger partial charge in [0.25, 0.3) is 0 Å². The molecular formula is C74H116O6. The van der Waals surface area contributed by atoms with Crippen LogP contribution in [0.4, 0.5) is 0 Å². The fraction of sp³-hybridized carbons (Fsp3) is 0.581. The Morgan fingerprint density at radius 3 is 0.762 bits per heavy atom. The highest BCUT2D eigenvalue weighted by Crippen LogP contribution is 2.14. The maximum absolute atomic E-state index is 12.9. The zero-order valence-electron chi connectivity index (χ0n) is 51.3. The van der Waals surface area contributed by atoms with Gasteiger partial charge in [0.1, 0.15) is 13.2 Å². The lowest BCUT2D eigenvalue weighted by atomic mass is 10.1. The summed E-state index contributed by atoms with van der Waals surface area (Å²) < 4.78 is 16.8. The van der Waals surface area contributed by atoms with Crippen LogP contribution in [-0.2, 0) is 28.6 Å². The summed E-state index contributed by atoms with van der Waals surface area (Å²) in [7, 11) is 0. The Bertz CT molecular complexity index is 1840. The van der Waals surface area contributed by atoms with Gasteiger partial charge in [0.2, 0.25) is 0 Å². The number of hydrogen-bond acceptors (Lipinski definition) is 6. The fourth-order valence-electron chi connectivity index (χ4n) is 8.23. The first-order valence-electron chi connectivity index (χ1n) is 32.1. The number of hydrogen-bond donors (Lipinski definition) is 0. The minimum absolute atomic E-state index is 0.0967. The first-order chi connectivity index (χ1) is 39.5. The van der Waals surface area contributed by atoms with Crippen molar-refractivity contribution >= 4 is 17.9 Å². The molecular weight excluding hydrogens is 985 g/mol. The van der Waals surface area contributed by atoms with E-state index >= 15 is 0 Å². The summed E-state index contributed by atoms with van der Waals surface area (Å²) >= 11 is 0. The van der Waals surface area contributed by atoms with Gasteiger partial charge in [-0.15, -0.1) is 0 Å². The predicted molar refractivity (Wildman–Crippen MR) is 348 cm³/mol. The van der Waals surface area contributed by atoms with E-state index in [1.807, 2.05) is 0 Å². The summed E-state index contributed by atoms with van der Waals surface area (Å²) in [4.78, 5) is 38.0. The molecule has 0 radical (unpaired) electrons. The van der Waals surface area contributed by atoms with E-state index in [-0.39, 0.29) is 31.1 Å². The lowest BCUT2D eigenvalue weighted by Crippen LogP contribution is -2.30. The summed E-state index contributed by atoms with van der Waals surface area (Å²) in [6.45, 7) is 6.31. The van der Waals surface area contributed by atoms with Crippen LogP contribution in [0.2, 0.25) is 0 Å². The Kier molecular flexibility index (Phi) is 61.9. The summed E-state index contributed by atoms with van der Waals surface area (Å²) in [5.41, 5.74) is 0. The number of ether oxygens (including phenoxy) is 3. The Balaban J connectivity index is 4.23. The van der Waals surface area contributed by atoms with E-state index in [1.54, 1.807) is 0 Å². The summed E-state index contributed by atoms with van der Waals surface area (Å²) in [6, 6.07) is 0. The van der Waals surface area contributed by atoms with Crippen molar-refractivity contribution < 1.29 is 28.6 Å². The molecule has 0 spiro atoms. The summed E-state index contributed by atoms with van der Waals surface area (Å²) in [5, 5.41) is 0. The number of carbonyl (C=O) groups excluding carboxylic acids is 3. The van der Waals surface area contributed by atoms with Gasteiger partial charge >= 0.3 is 17.9 Å². The third-order valence-electron chi connectivity index (χ3n) is 13.0. The van der Waals surface area contributed by atoms with Crippen molar-refractivity contribution in [3.05, 3.63) is 170 Å². The largest absolute Gasteiger partial charge is 0.462 e. The van der Waals surface area contributed by atoms with Crippen LogP contribution in [0, 0.1) is 0 Å². The molecule has 0 aliphatic carbocycles. The second-order valence-corrected chi connectivity index (χ2v) is 20.6. The Morgan fingerprint density at radius 2 is 0.487 bits per heavy atom. The minimum atomic E-state index is -0.800. The third kappa shape index (κ3) is 63.6. The summed E-state index contributed by atoms with van der Waals surface area (Å²) in [5.74, 6) is -0.944. The van der Waals surface area contributed by atoms with Crippen molar-refractivity contribution in [2.75, 3.05) is 13.2 Å². The van der Waals surface area contributed by atoms with Crippen LogP contribution < -0.4 is 0 Å². The first-order valence-corrected chi connectivity index (χ1v) is 32.1. The molecule has 0 aromatic carbocycles. The molecule has 0 saturated heterocycles. The normalized spacial score (nSPS) is 13.3. The van der Waals surface area contributed by atoms with Crippen molar-refractivity contribution in [2.24, 2.45) is 0 Å². The zero-order valence-corrected chi connectivity index (χ0v) is 51.3. The molecule has 0 amide bonds. The number of rotatable bonds is 56. The van der Waals surface area contributed by atoms with E-state index in [2.05, 4.69) is 191 Å². The first kappa shape index (κ1) is 74.8. The lowest BCUT2D eigenvalue weighted by molar-refractivity contribution is -0.167. The maximum atomic E-state index is 12.9. The highest BCUT2D eigenvalue weighted by Gasteiger charge is 2.19. The quantitative estimate of drug-likeness (QED) is 0.0261. The number of unbranched alkanes of at least 4 members (excludes halogenated alkanes) is 17. The minimum Gasteiger partial charge on any atom is -0.462 e. The molecule has 6 heteroatoms. The molecule has 0 aromatic heterocycles. The summed E-state index contributed by atoms with van der Waals surface area (Å²) in [6.07, 6.45) is 98.1. The van der Waals surface area contributed by atoms with E-state index in [0.717, 1.165) is 173 Å². The van der Waals surface area contributed by atoms with Gasteiger partial charge in [-0.25, -0.2) is 0 Å². The van der Waals surface area contributed by atoms with Gasteiger partial charge in [-0.3, -0.25) is 14.4 Å². The standard InChI is InChI=1S/C74H116O6/c1-4-7-10-13-16-18-20-22-24-26-28-30-32-34-36-37-39-40-42-44-46-48-50-52-54-56-58-61-64-67-73(76)79-70-71(69-78-72(75)66-63-60-15-12-9-6-3)80-74(77)68-65-62-59-57-55-53-51-49-47-45-43-41-38-35-33-31-29-27-25-23-21-19-17-14-11-8-5-2/h7-8,10-11,16-19,22-25,28-31,34-36,38-40,43-46,49,51,71H,4-6,9,12-15,20-21,26-27,32-33,37,41-42,47-48,50,52-70H2,1-3H3/b10-7-,11-8-,18-16-,19-17-,24-22-,25-23-,30-28-,31-29-,36-34-,38-35-,40-39-,45-43-,46-44-,51-49-. The van der Waals surface area contributed by atoms with Crippen LogP contribution in [0.25, 0.3) is 0 Å². The van der Waals surface area contributed by atoms with Gasteiger partial charge < -0.3 is 14.2 Å². The van der Waals surface area contributed by atoms with Gasteiger partial charge in [0.05, 0.1) is 0 Å². The topological polar surface area (TPSA) is 78.9 Å². The molecule has 1 atom stereocenters. The van der Waals surface area contributed by atoms with Gasteiger partial charge in [0, 0.05) is 19.3 Å². The smallest absolute Gasteiger partial charge is 0.306 e. The van der Waals surface area contributed by atoms with Crippen molar-refractivity contribution in [1.29, 1.82) is 0 Å². The Morgan fingerprint density at radius 1 is 0.263 bits per heavy atom. The van der Waals surface area contributed by atoms with Crippen LogP contribution >= 0.6 is 0 Å². The van der Waals surface area contributed by atoms with Gasteiger partial charge in [-0.1, -0.05) is 274 Å². The average Bonchev–Trinajstić information content (AvgIpc) is 3.46. The van der Waals surface area contributed by atoms with E-state index in [0.29, 0.717) is 19.3 Å². The van der Waals surface area contributed by atoms with Crippen molar-refractivity contribution in [1.82, 2.24) is 0 Å². The molecule has 0 aliphatic rings. The second kappa shape index (κ2) is 66.3. The molecule has 1 unspecified atom stereocenters. The van der Waals surface area contributed by atoms with Gasteiger partial charge in [0.15, 0.2) is 6.10 Å². The molecule has 448 valence electrons. The van der Waals surface area contributed by atoms with Crippen LogP contribution in [-0.4, -0.2) is 37.2 Å². The van der Waals surface area contributed by atoms with Gasteiger partial charge in [-0.2, -0.15) is 0 Å². The second-order valence-electron chi connectivity index (χ2n) is 20.6. The maximum Gasteiger partial charge on any atom is 0.306 e. The van der Waals surface area contributed by atoms with Crippen LogP contribution in [0.1, 0.15) is 258 Å². The van der Waals surface area contributed by atoms with E-state index in [1.165, 1.54) is 44.9 Å². The lowest BCUT2D eigenvalue weighted by Gasteiger charge is -2.18. The zero-order chi connectivity index (χ0) is 57.8.